The van der Waals surface area contributed by atoms with Crippen LogP contribution >= 0.6 is 0 Å². The second kappa shape index (κ2) is 11.2. The average Bonchev–Trinajstić information content (AvgIpc) is 3.74. The van der Waals surface area contributed by atoms with E-state index in [1.165, 1.54) is 43.4 Å². The molecule has 0 radical (unpaired) electrons. The molecule has 11 rings (SSSR count). The van der Waals surface area contributed by atoms with Crippen molar-refractivity contribution in [1.82, 2.24) is 19.1 Å². The summed E-state index contributed by atoms with van der Waals surface area (Å²) in [5.74, 6) is 0.648. The first-order valence-electron chi connectivity index (χ1n) is 17.7. The Morgan fingerprint density at radius 3 is 1.75 bits per heavy atom. The number of para-hydroxylation sites is 1. The molecular formula is C48H30N4. The van der Waals surface area contributed by atoms with Gasteiger partial charge in [-0.05, 0) is 63.7 Å². The summed E-state index contributed by atoms with van der Waals surface area (Å²) in [6.45, 7) is 0. The molecule has 4 heteroatoms. The molecule has 3 heterocycles. The van der Waals surface area contributed by atoms with Crippen molar-refractivity contribution in [3.8, 4) is 34.0 Å². The number of rotatable bonds is 4. The van der Waals surface area contributed by atoms with E-state index in [2.05, 4.69) is 191 Å². The molecule has 0 fully saturated rings. The minimum atomic E-state index is 0.648. The maximum Gasteiger partial charge on any atom is 0.235 e. The van der Waals surface area contributed by atoms with Gasteiger partial charge in [0, 0.05) is 32.8 Å². The van der Waals surface area contributed by atoms with Gasteiger partial charge in [0.1, 0.15) is 11.2 Å². The SMILES string of the molecule is c1ccc(-c2ccc3c(c2)c2c4ccccc4ccc2n3-c2nc(-c3ccccc3)c3c(n2)c2ccc4ccccc4c2n3-c2ccccc2)cc1. The van der Waals surface area contributed by atoms with Crippen molar-refractivity contribution in [2.45, 2.75) is 0 Å². The molecule has 242 valence electrons. The lowest BCUT2D eigenvalue weighted by atomic mass is 10.0. The standard InChI is InChI=1S/C48H30N4/c1-4-14-31(15-5-1)35-26-28-41-40(30-35)43-37-22-12-10-16-32(37)25-29-42(43)52(41)48-49-44(34-18-6-2-7-19-34)47-45(50-48)39-27-24-33-17-11-13-23-38(33)46(39)51(47)36-20-8-3-9-21-36/h1-30H. The van der Waals surface area contributed by atoms with Gasteiger partial charge in [0.05, 0.1) is 22.1 Å². The Morgan fingerprint density at radius 2 is 0.981 bits per heavy atom. The van der Waals surface area contributed by atoms with Crippen LogP contribution in [-0.2, 0) is 0 Å². The first kappa shape index (κ1) is 28.8. The first-order valence-corrected chi connectivity index (χ1v) is 17.7. The van der Waals surface area contributed by atoms with Gasteiger partial charge in [-0.25, -0.2) is 9.97 Å². The summed E-state index contributed by atoms with van der Waals surface area (Å²) >= 11 is 0. The zero-order chi connectivity index (χ0) is 34.2. The lowest BCUT2D eigenvalue weighted by Crippen LogP contribution is -2.05. The van der Waals surface area contributed by atoms with Crippen LogP contribution in [0.5, 0.6) is 0 Å². The Bertz CT molecular complexity index is 3160. The van der Waals surface area contributed by atoms with Gasteiger partial charge in [-0.15, -0.1) is 0 Å². The van der Waals surface area contributed by atoms with Crippen LogP contribution in [0.4, 0.5) is 0 Å². The van der Waals surface area contributed by atoms with Gasteiger partial charge < -0.3 is 4.57 Å². The van der Waals surface area contributed by atoms with Crippen molar-refractivity contribution < 1.29 is 0 Å². The van der Waals surface area contributed by atoms with Gasteiger partial charge >= 0.3 is 0 Å². The van der Waals surface area contributed by atoms with Gasteiger partial charge in [-0.3, -0.25) is 4.57 Å². The number of hydrogen-bond acceptors (Lipinski definition) is 2. The highest BCUT2D eigenvalue weighted by atomic mass is 15.2. The van der Waals surface area contributed by atoms with E-state index < -0.39 is 0 Å². The molecule has 0 N–H and O–H groups in total. The van der Waals surface area contributed by atoms with Crippen molar-refractivity contribution in [2.24, 2.45) is 0 Å². The van der Waals surface area contributed by atoms with Crippen molar-refractivity contribution in [1.29, 1.82) is 0 Å². The summed E-state index contributed by atoms with van der Waals surface area (Å²) in [6, 6.07) is 64.8. The fraction of sp³-hybridized carbons (Fsp3) is 0. The molecule has 8 aromatic carbocycles. The third-order valence-electron chi connectivity index (χ3n) is 10.5. The van der Waals surface area contributed by atoms with E-state index in [0.717, 1.165) is 49.9 Å². The Hall–Kier alpha value is -7.04. The van der Waals surface area contributed by atoms with Gasteiger partial charge in [0.15, 0.2) is 0 Å². The Labute approximate surface area is 299 Å². The predicted octanol–water partition coefficient (Wildman–Crippen LogP) is 12.3. The molecule has 0 unspecified atom stereocenters. The summed E-state index contributed by atoms with van der Waals surface area (Å²) in [5.41, 5.74) is 10.6. The van der Waals surface area contributed by atoms with E-state index in [9.17, 15) is 0 Å². The normalized spacial score (nSPS) is 11.8. The monoisotopic (exact) mass is 662 g/mol. The topological polar surface area (TPSA) is 35.6 Å². The van der Waals surface area contributed by atoms with Crippen LogP contribution < -0.4 is 0 Å². The molecule has 11 aromatic rings. The van der Waals surface area contributed by atoms with E-state index in [1.54, 1.807) is 0 Å². The van der Waals surface area contributed by atoms with E-state index >= 15 is 0 Å². The third-order valence-corrected chi connectivity index (χ3v) is 10.5. The van der Waals surface area contributed by atoms with E-state index in [4.69, 9.17) is 9.97 Å². The average molecular weight is 663 g/mol. The molecule has 0 saturated heterocycles. The minimum absolute atomic E-state index is 0.648. The second-order valence-corrected chi connectivity index (χ2v) is 13.4. The van der Waals surface area contributed by atoms with Crippen molar-refractivity contribution in [3.63, 3.8) is 0 Å². The second-order valence-electron chi connectivity index (χ2n) is 13.4. The predicted molar refractivity (Wildman–Crippen MR) is 217 cm³/mol. The van der Waals surface area contributed by atoms with E-state index in [1.807, 2.05) is 0 Å². The van der Waals surface area contributed by atoms with Gasteiger partial charge in [0.25, 0.3) is 0 Å². The minimum Gasteiger partial charge on any atom is -0.305 e. The highest BCUT2D eigenvalue weighted by molar-refractivity contribution is 6.22. The van der Waals surface area contributed by atoms with Crippen LogP contribution in [0.15, 0.2) is 182 Å². The van der Waals surface area contributed by atoms with Crippen LogP contribution in [-0.4, -0.2) is 19.1 Å². The van der Waals surface area contributed by atoms with Crippen molar-refractivity contribution >= 4 is 65.3 Å². The number of hydrogen-bond donors (Lipinski definition) is 0. The van der Waals surface area contributed by atoms with E-state index in [-0.39, 0.29) is 0 Å². The summed E-state index contributed by atoms with van der Waals surface area (Å²) in [6.07, 6.45) is 0. The molecule has 0 saturated carbocycles. The third kappa shape index (κ3) is 4.21. The summed E-state index contributed by atoms with van der Waals surface area (Å²) in [4.78, 5) is 11.1. The summed E-state index contributed by atoms with van der Waals surface area (Å²) in [5, 5.41) is 8.26. The van der Waals surface area contributed by atoms with Crippen LogP contribution in [0.1, 0.15) is 0 Å². The summed E-state index contributed by atoms with van der Waals surface area (Å²) in [7, 11) is 0. The number of aromatic nitrogens is 4. The Morgan fingerprint density at radius 1 is 0.365 bits per heavy atom. The van der Waals surface area contributed by atoms with E-state index in [0.29, 0.717) is 5.95 Å². The molecule has 3 aromatic heterocycles. The fourth-order valence-electron chi connectivity index (χ4n) is 8.19. The molecule has 0 aliphatic carbocycles. The fourth-order valence-corrected chi connectivity index (χ4v) is 8.19. The largest absolute Gasteiger partial charge is 0.305 e. The molecule has 52 heavy (non-hydrogen) atoms. The number of fused-ring (bicyclic) bond motifs is 10. The maximum atomic E-state index is 5.58. The quantitative estimate of drug-likeness (QED) is 0.188. The lowest BCUT2D eigenvalue weighted by molar-refractivity contribution is 1.01. The van der Waals surface area contributed by atoms with Crippen LogP contribution in [0, 0.1) is 0 Å². The van der Waals surface area contributed by atoms with Crippen LogP contribution in [0.25, 0.3) is 99.3 Å². The summed E-state index contributed by atoms with van der Waals surface area (Å²) < 4.78 is 4.63. The molecule has 0 aliphatic rings. The number of benzene rings is 8. The zero-order valence-corrected chi connectivity index (χ0v) is 28.1. The molecular weight excluding hydrogens is 633 g/mol. The molecule has 0 spiro atoms. The highest BCUT2D eigenvalue weighted by Gasteiger charge is 2.24. The number of nitrogens with zero attached hydrogens (tertiary/aromatic N) is 4. The maximum absolute atomic E-state index is 5.58. The smallest absolute Gasteiger partial charge is 0.235 e. The molecule has 0 amide bonds. The van der Waals surface area contributed by atoms with Crippen LogP contribution in [0.3, 0.4) is 0 Å². The Balaban J connectivity index is 1.32. The van der Waals surface area contributed by atoms with Gasteiger partial charge in [-0.1, -0.05) is 146 Å². The van der Waals surface area contributed by atoms with Crippen molar-refractivity contribution in [2.75, 3.05) is 0 Å². The molecule has 0 bridgehead atoms. The highest BCUT2D eigenvalue weighted by Crippen LogP contribution is 2.42. The van der Waals surface area contributed by atoms with Gasteiger partial charge in [0.2, 0.25) is 5.95 Å². The molecule has 4 nitrogen and oxygen atoms in total. The van der Waals surface area contributed by atoms with Gasteiger partial charge in [-0.2, -0.15) is 0 Å². The molecule has 0 atom stereocenters. The Kier molecular flexibility index (Phi) is 6.22. The van der Waals surface area contributed by atoms with Crippen LogP contribution in [0.2, 0.25) is 0 Å². The molecule has 0 aliphatic heterocycles. The zero-order valence-electron chi connectivity index (χ0n) is 28.1. The lowest BCUT2D eigenvalue weighted by Gasteiger charge is -2.14. The van der Waals surface area contributed by atoms with Crippen molar-refractivity contribution in [3.05, 3.63) is 182 Å². The first-order chi connectivity index (χ1) is 25.8.